The van der Waals surface area contributed by atoms with Gasteiger partial charge in [0.2, 0.25) is 0 Å². The maximum atomic E-state index is 12.2. The molecule has 2 amide bonds. The zero-order valence-corrected chi connectivity index (χ0v) is 14.2. The van der Waals surface area contributed by atoms with E-state index in [2.05, 4.69) is 15.5 Å². The van der Waals surface area contributed by atoms with Crippen molar-refractivity contribution in [3.05, 3.63) is 18.2 Å². The molecule has 132 valence electrons. The first-order valence-corrected chi connectivity index (χ1v) is 8.30. The number of carbonyl (C=O) groups is 1. The van der Waals surface area contributed by atoms with Gasteiger partial charge in [-0.15, -0.1) is 0 Å². The van der Waals surface area contributed by atoms with Gasteiger partial charge in [-0.25, -0.2) is 4.79 Å². The van der Waals surface area contributed by atoms with Crippen LogP contribution in [0.4, 0.5) is 10.5 Å². The highest BCUT2D eigenvalue weighted by atomic mass is 16.5. The second-order valence-corrected chi connectivity index (χ2v) is 6.19. The molecular weight excluding hydrogens is 310 g/mol. The topological polar surface area (TPSA) is 72.1 Å². The molecule has 7 heteroatoms. The molecule has 2 fully saturated rings. The summed E-state index contributed by atoms with van der Waals surface area (Å²) in [6.45, 7) is 3.49. The van der Waals surface area contributed by atoms with Gasteiger partial charge in [-0.2, -0.15) is 0 Å². The zero-order chi connectivity index (χ0) is 16.9. The lowest BCUT2D eigenvalue weighted by atomic mass is 10.00. The highest BCUT2D eigenvalue weighted by Gasteiger charge is 2.33. The summed E-state index contributed by atoms with van der Waals surface area (Å²) < 4.78 is 15.8. The number of nitrogens with zero attached hydrogens (tertiary/aromatic N) is 1. The summed E-state index contributed by atoms with van der Waals surface area (Å²) in [5.41, 5.74) is 0.643. The summed E-state index contributed by atoms with van der Waals surface area (Å²) in [6.07, 6.45) is 2.17. The van der Waals surface area contributed by atoms with E-state index in [1.807, 2.05) is 0 Å². The first-order valence-electron chi connectivity index (χ1n) is 8.30. The van der Waals surface area contributed by atoms with Gasteiger partial charge < -0.3 is 24.8 Å². The molecule has 2 N–H and O–H groups in total. The van der Waals surface area contributed by atoms with Crippen LogP contribution in [0.5, 0.6) is 11.5 Å². The fourth-order valence-corrected chi connectivity index (χ4v) is 3.18. The van der Waals surface area contributed by atoms with E-state index in [0.717, 1.165) is 39.1 Å². The molecule has 3 rings (SSSR count). The molecule has 0 radical (unpaired) electrons. The van der Waals surface area contributed by atoms with Crippen molar-refractivity contribution in [1.29, 1.82) is 0 Å². The Balaban J connectivity index is 1.46. The van der Waals surface area contributed by atoms with E-state index in [0.29, 0.717) is 23.2 Å². The van der Waals surface area contributed by atoms with E-state index in [9.17, 15) is 4.79 Å². The molecule has 2 saturated heterocycles. The number of methoxy groups -OCH3 is 2. The number of rotatable bonds is 5. The maximum absolute atomic E-state index is 12.2. The number of hydrogen-bond donors (Lipinski definition) is 2. The molecule has 0 aliphatic carbocycles. The number of anilines is 1. The second-order valence-electron chi connectivity index (χ2n) is 6.19. The average Bonchev–Trinajstić information content (AvgIpc) is 2.58. The van der Waals surface area contributed by atoms with Crippen LogP contribution in [0.25, 0.3) is 0 Å². The Morgan fingerprint density at radius 1 is 1.12 bits per heavy atom. The lowest BCUT2D eigenvalue weighted by Crippen LogP contribution is -2.63. The molecule has 0 aromatic heterocycles. The SMILES string of the molecule is COc1cc(NC(=O)NC2CN(C3CCOCC3)C2)cc(OC)c1. The van der Waals surface area contributed by atoms with Crippen molar-refractivity contribution in [3.8, 4) is 11.5 Å². The molecule has 0 spiro atoms. The highest BCUT2D eigenvalue weighted by Crippen LogP contribution is 2.26. The van der Waals surface area contributed by atoms with Crippen LogP contribution in [0.1, 0.15) is 12.8 Å². The van der Waals surface area contributed by atoms with Crippen LogP contribution in [0.2, 0.25) is 0 Å². The van der Waals surface area contributed by atoms with Crippen LogP contribution in [-0.2, 0) is 4.74 Å². The number of nitrogens with one attached hydrogen (secondary N) is 2. The second kappa shape index (κ2) is 7.72. The Morgan fingerprint density at radius 3 is 2.33 bits per heavy atom. The van der Waals surface area contributed by atoms with Gasteiger partial charge in [0.15, 0.2) is 0 Å². The molecule has 1 aromatic rings. The highest BCUT2D eigenvalue weighted by molar-refractivity contribution is 5.90. The molecule has 7 nitrogen and oxygen atoms in total. The molecule has 0 unspecified atom stereocenters. The molecule has 1 aromatic carbocycles. The average molecular weight is 335 g/mol. The van der Waals surface area contributed by atoms with Crippen LogP contribution >= 0.6 is 0 Å². The van der Waals surface area contributed by atoms with Crippen molar-refractivity contribution in [1.82, 2.24) is 10.2 Å². The van der Waals surface area contributed by atoms with Crippen molar-refractivity contribution in [3.63, 3.8) is 0 Å². The van der Waals surface area contributed by atoms with Crippen molar-refractivity contribution in [2.45, 2.75) is 24.9 Å². The minimum absolute atomic E-state index is 0.195. The van der Waals surface area contributed by atoms with E-state index in [1.54, 1.807) is 32.4 Å². The lowest BCUT2D eigenvalue weighted by molar-refractivity contribution is -0.00122. The molecule has 2 aliphatic heterocycles. The van der Waals surface area contributed by atoms with E-state index >= 15 is 0 Å². The van der Waals surface area contributed by atoms with Crippen LogP contribution < -0.4 is 20.1 Å². The van der Waals surface area contributed by atoms with E-state index < -0.39 is 0 Å². The quantitative estimate of drug-likeness (QED) is 0.857. The van der Waals surface area contributed by atoms with Gasteiger partial charge in [0.25, 0.3) is 0 Å². The summed E-state index contributed by atoms with van der Waals surface area (Å²) in [4.78, 5) is 14.6. The van der Waals surface area contributed by atoms with Gasteiger partial charge in [0.1, 0.15) is 11.5 Å². The number of hydrogen-bond acceptors (Lipinski definition) is 5. The van der Waals surface area contributed by atoms with Crippen LogP contribution in [0.15, 0.2) is 18.2 Å². The van der Waals surface area contributed by atoms with Crippen LogP contribution in [0.3, 0.4) is 0 Å². The van der Waals surface area contributed by atoms with Gasteiger partial charge in [0, 0.05) is 56.2 Å². The molecule has 24 heavy (non-hydrogen) atoms. The minimum Gasteiger partial charge on any atom is -0.497 e. The summed E-state index contributed by atoms with van der Waals surface area (Å²) >= 11 is 0. The van der Waals surface area contributed by atoms with Crippen molar-refractivity contribution in [2.24, 2.45) is 0 Å². The van der Waals surface area contributed by atoms with Crippen molar-refractivity contribution < 1.29 is 19.0 Å². The Kier molecular flexibility index (Phi) is 5.42. The van der Waals surface area contributed by atoms with Gasteiger partial charge in [-0.05, 0) is 12.8 Å². The minimum atomic E-state index is -0.207. The predicted molar refractivity (Wildman–Crippen MR) is 90.9 cm³/mol. The molecule has 0 saturated carbocycles. The molecule has 2 aliphatic rings. The molecule has 2 heterocycles. The lowest BCUT2D eigenvalue weighted by Gasteiger charge is -2.45. The summed E-state index contributed by atoms with van der Waals surface area (Å²) in [6, 6.07) is 5.87. The third-order valence-corrected chi connectivity index (χ3v) is 4.56. The third kappa shape index (κ3) is 4.10. The van der Waals surface area contributed by atoms with Crippen molar-refractivity contribution in [2.75, 3.05) is 45.8 Å². The van der Waals surface area contributed by atoms with E-state index in [1.165, 1.54) is 0 Å². The maximum Gasteiger partial charge on any atom is 0.319 e. The molecule has 0 bridgehead atoms. The van der Waals surface area contributed by atoms with E-state index in [-0.39, 0.29) is 12.1 Å². The van der Waals surface area contributed by atoms with Crippen LogP contribution in [0, 0.1) is 0 Å². The largest absolute Gasteiger partial charge is 0.497 e. The summed E-state index contributed by atoms with van der Waals surface area (Å²) in [5, 5.41) is 5.84. The fourth-order valence-electron chi connectivity index (χ4n) is 3.18. The normalized spacial score (nSPS) is 19.4. The zero-order valence-electron chi connectivity index (χ0n) is 14.2. The first-order chi connectivity index (χ1) is 11.7. The van der Waals surface area contributed by atoms with Crippen molar-refractivity contribution >= 4 is 11.7 Å². The molecular formula is C17H25N3O4. The van der Waals surface area contributed by atoms with Crippen LogP contribution in [-0.4, -0.2) is 63.5 Å². The number of benzene rings is 1. The third-order valence-electron chi connectivity index (χ3n) is 4.56. The summed E-state index contributed by atoms with van der Waals surface area (Å²) in [5.74, 6) is 1.28. The summed E-state index contributed by atoms with van der Waals surface area (Å²) in [7, 11) is 3.16. The number of ether oxygens (including phenoxy) is 3. The van der Waals surface area contributed by atoms with Gasteiger partial charge in [-0.1, -0.05) is 0 Å². The smallest absolute Gasteiger partial charge is 0.319 e. The van der Waals surface area contributed by atoms with Gasteiger partial charge >= 0.3 is 6.03 Å². The standard InChI is InChI=1S/C17H25N3O4/c1-22-15-7-12(8-16(9-15)23-2)18-17(21)19-13-10-20(11-13)14-3-5-24-6-4-14/h7-9,13-14H,3-6,10-11H2,1-2H3,(H2,18,19,21). The number of carbonyl (C=O) groups excluding carboxylic acids is 1. The first kappa shape index (κ1) is 16.9. The van der Waals surface area contributed by atoms with Gasteiger partial charge in [0.05, 0.1) is 20.3 Å². The van der Waals surface area contributed by atoms with Gasteiger partial charge in [-0.3, -0.25) is 4.90 Å². The molecule has 0 atom stereocenters. The Morgan fingerprint density at radius 2 is 1.75 bits per heavy atom. The Labute approximate surface area is 142 Å². The Bertz CT molecular complexity index is 547. The number of urea groups is 1. The fraction of sp³-hybridized carbons (Fsp3) is 0.588. The monoisotopic (exact) mass is 335 g/mol. The van der Waals surface area contributed by atoms with E-state index in [4.69, 9.17) is 14.2 Å². The predicted octanol–water partition coefficient (Wildman–Crippen LogP) is 1.69. The number of likely N-dealkylation sites (tertiary alicyclic amines) is 1. The number of amides is 2. The Hall–Kier alpha value is -1.99.